The molecule has 14 heavy (non-hydrogen) atoms. The molecule has 0 atom stereocenters. The predicted octanol–water partition coefficient (Wildman–Crippen LogP) is 1.68. The summed E-state index contributed by atoms with van der Waals surface area (Å²) in [6.45, 7) is 0. The Balaban J connectivity index is 2.68. The van der Waals surface area contributed by atoms with Gasteiger partial charge in [-0.1, -0.05) is 6.07 Å². The Morgan fingerprint density at radius 2 is 2.21 bits per heavy atom. The second-order valence-corrected chi connectivity index (χ2v) is 2.55. The first-order chi connectivity index (χ1) is 6.76. The topological polar surface area (TPSA) is 35.5 Å². The number of hydrogen-bond acceptors (Lipinski definition) is 3. The number of esters is 1. The fourth-order valence-corrected chi connectivity index (χ4v) is 0.886. The largest absolute Gasteiger partial charge is 0.496 e. The minimum atomic E-state index is -0.374. The zero-order valence-corrected chi connectivity index (χ0v) is 8.11. The van der Waals surface area contributed by atoms with Gasteiger partial charge in [0.15, 0.2) is 0 Å². The molecule has 0 aliphatic carbocycles. The molecule has 0 saturated heterocycles. The summed E-state index contributed by atoms with van der Waals surface area (Å²) in [4.78, 5) is 10.8. The van der Waals surface area contributed by atoms with Crippen molar-refractivity contribution in [3.8, 4) is 5.75 Å². The number of methoxy groups -OCH3 is 2. The molecule has 0 aliphatic heterocycles. The van der Waals surface area contributed by atoms with Gasteiger partial charge in [-0.05, 0) is 23.8 Å². The standard InChI is InChI=1S/C11H11O3/c1-13-10-6-3-9(4-7-10)5-8-11(12)14-2/h3-6,8H,1-2H3/b8-5+. The molecule has 0 aliphatic rings. The molecule has 0 fully saturated rings. The molecule has 0 heterocycles. The second kappa shape index (κ2) is 5.07. The molecule has 0 saturated carbocycles. The number of ether oxygens (including phenoxy) is 2. The van der Waals surface area contributed by atoms with Crippen LogP contribution in [-0.4, -0.2) is 20.2 Å². The average Bonchev–Trinajstić information content (AvgIpc) is 2.26. The molecule has 0 aromatic heterocycles. The van der Waals surface area contributed by atoms with Crippen LogP contribution in [0.3, 0.4) is 0 Å². The highest BCUT2D eigenvalue weighted by molar-refractivity contribution is 5.86. The van der Waals surface area contributed by atoms with E-state index in [0.29, 0.717) is 5.75 Å². The van der Waals surface area contributed by atoms with Crippen LogP contribution in [0, 0.1) is 6.07 Å². The van der Waals surface area contributed by atoms with Crippen molar-refractivity contribution in [2.75, 3.05) is 14.2 Å². The number of carbonyl (C=O) groups excluding carboxylic acids is 1. The first kappa shape index (κ1) is 10.3. The van der Waals surface area contributed by atoms with Crippen molar-refractivity contribution in [3.05, 3.63) is 35.9 Å². The van der Waals surface area contributed by atoms with Crippen LogP contribution in [0.25, 0.3) is 6.08 Å². The molecule has 0 unspecified atom stereocenters. The van der Waals surface area contributed by atoms with E-state index in [9.17, 15) is 4.79 Å². The maximum atomic E-state index is 10.8. The minimum absolute atomic E-state index is 0.374. The molecule has 0 spiro atoms. The van der Waals surface area contributed by atoms with Crippen molar-refractivity contribution < 1.29 is 14.3 Å². The van der Waals surface area contributed by atoms with E-state index in [1.807, 2.05) is 6.07 Å². The van der Waals surface area contributed by atoms with Gasteiger partial charge in [-0.2, -0.15) is 0 Å². The van der Waals surface area contributed by atoms with Gasteiger partial charge in [-0.3, -0.25) is 0 Å². The minimum Gasteiger partial charge on any atom is -0.496 e. The van der Waals surface area contributed by atoms with Crippen molar-refractivity contribution in [3.63, 3.8) is 0 Å². The Hall–Kier alpha value is -1.77. The first-order valence-corrected chi connectivity index (χ1v) is 4.08. The lowest BCUT2D eigenvalue weighted by Gasteiger charge is -1.98. The Morgan fingerprint density at radius 1 is 1.43 bits per heavy atom. The Morgan fingerprint density at radius 3 is 2.71 bits per heavy atom. The van der Waals surface area contributed by atoms with E-state index in [1.165, 1.54) is 13.2 Å². The number of rotatable bonds is 3. The van der Waals surface area contributed by atoms with Crippen LogP contribution in [-0.2, 0) is 9.53 Å². The highest BCUT2D eigenvalue weighted by Gasteiger charge is 1.93. The molecular formula is C11H11O3. The van der Waals surface area contributed by atoms with Crippen LogP contribution in [0.5, 0.6) is 5.75 Å². The van der Waals surface area contributed by atoms with E-state index in [-0.39, 0.29) is 5.97 Å². The maximum absolute atomic E-state index is 10.8. The zero-order valence-electron chi connectivity index (χ0n) is 8.11. The van der Waals surface area contributed by atoms with Gasteiger partial charge >= 0.3 is 5.97 Å². The third-order valence-corrected chi connectivity index (χ3v) is 1.64. The van der Waals surface area contributed by atoms with Gasteiger partial charge in [0.25, 0.3) is 0 Å². The molecule has 1 radical (unpaired) electrons. The molecule has 0 bridgehead atoms. The molecule has 3 heteroatoms. The number of carbonyl (C=O) groups is 1. The summed E-state index contributed by atoms with van der Waals surface area (Å²) in [5, 5.41) is 0. The van der Waals surface area contributed by atoms with E-state index >= 15 is 0 Å². The van der Waals surface area contributed by atoms with Crippen molar-refractivity contribution in [1.29, 1.82) is 0 Å². The van der Waals surface area contributed by atoms with E-state index in [2.05, 4.69) is 10.8 Å². The lowest BCUT2D eigenvalue weighted by molar-refractivity contribution is -0.134. The Bertz CT molecular complexity index is 325. The summed E-state index contributed by atoms with van der Waals surface area (Å²) in [7, 11) is 2.92. The van der Waals surface area contributed by atoms with Crippen molar-refractivity contribution >= 4 is 12.0 Å². The highest BCUT2D eigenvalue weighted by atomic mass is 16.5. The molecule has 1 rings (SSSR count). The van der Waals surface area contributed by atoms with Crippen LogP contribution in [0.2, 0.25) is 0 Å². The van der Waals surface area contributed by atoms with Gasteiger partial charge in [0, 0.05) is 12.1 Å². The summed E-state index contributed by atoms with van der Waals surface area (Å²) in [5.41, 5.74) is 0.871. The van der Waals surface area contributed by atoms with Crippen molar-refractivity contribution in [2.24, 2.45) is 0 Å². The van der Waals surface area contributed by atoms with E-state index in [1.54, 1.807) is 25.3 Å². The maximum Gasteiger partial charge on any atom is 0.330 e. The van der Waals surface area contributed by atoms with E-state index in [0.717, 1.165) is 5.56 Å². The molecule has 3 nitrogen and oxygen atoms in total. The molecule has 73 valence electrons. The van der Waals surface area contributed by atoms with Gasteiger partial charge < -0.3 is 9.47 Å². The van der Waals surface area contributed by atoms with E-state index < -0.39 is 0 Å². The van der Waals surface area contributed by atoms with Crippen LogP contribution in [0.1, 0.15) is 5.56 Å². The molecular weight excluding hydrogens is 180 g/mol. The summed E-state index contributed by atoms with van der Waals surface area (Å²) < 4.78 is 9.40. The van der Waals surface area contributed by atoms with Crippen LogP contribution in [0.15, 0.2) is 24.3 Å². The lowest BCUT2D eigenvalue weighted by atomic mass is 10.2. The van der Waals surface area contributed by atoms with E-state index in [4.69, 9.17) is 4.74 Å². The molecule has 0 amide bonds. The van der Waals surface area contributed by atoms with Gasteiger partial charge in [0.05, 0.1) is 14.2 Å². The third kappa shape index (κ3) is 2.94. The molecule has 1 aromatic carbocycles. The van der Waals surface area contributed by atoms with Crippen molar-refractivity contribution in [2.45, 2.75) is 0 Å². The lowest BCUT2D eigenvalue weighted by Crippen LogP contribution is -1.93. The van der Waals surface area contributed by atoms with Gasteiger partial charge in [0.1, 0.15) is 5.75 Å². The Kier molecular flexibility index (Phi) is 3.73. The predicted molar refractivity (Wildman–Crippen MR) is 52.9 cm³/mol. The summed E-state index contributed by atoms with van der Waals surface area (Å²) in [5.74, 6) is 0.293. The quantitative estimate of drug-likeness (QED) is 0.538. The van der Waals surface area contributed by atoms with Crippen LogP contribution >= 0.6 is 0 Å². The third-order valence-electron chi connectivity index (χ3n) is 1.64. The second-order valence-electron chi connectivity index (χ2n) is 2.55. The number of hydrogen-bond donors (Lipinski definition) is 0. The van der Waals surface area contributed by atoms with Gasteiger partial charge in [-0.15, -0.1) is 0 Å². The molecule has 1 aromatic rings. The zero-order chi connectivity index (χ0) is 10.4. The average molecular weight is 191 g/mol. The number of benzene rings is 1. The summed E-state index contributed by atoms with van der Waals surface area (Å²) >= 11 is 0. The summed E-state index contributed by atoms with van der Waals surface area (Å²) in [6.07, 6.45) is 3.01. The normalized spacial score (nSPS) is 10.1. The summed E-state index contributed by atoms with van der Waals surface area (Å²) in [6, 6.07) is 8.24. The fraction of sp³-hybridized carbons (Fsp3) is 0.182. The van der Waals surface area contributed by atoms with Gasteiger partial charge in [0.2, 0.25) is 0 Å². The molecule has 0 N–H and O–H groups in total. The first-order valence-electron chi connectivity index (χ1n) is 4.08. The van der Waals surface area contributed by atoms with Crippen LogP contribution < -0.4 is 4.74 Å². The smallest absolute Gasteiger partial charge is 0.330 e. The van der Waals surface area contributed by atoms with Crippen LogP contribution in [0.4, 0.5) is 0 Å². The Labute approximate surface area is 83.0 Å². The van der Waals surface area contributed by atoms with Gasteiger partial charge in [-0.25, -0.2) is 4.79 Å². The van der Waals surface area contributed by atoms with Crippen molar-refractivity contribution in [1.82, 2.24) is 0 Å². The fourth-order valence-electron chi connectivity index (χ4n) is 0.886. The SMILES string of the molecule is COC(=O)/C=C/c1c[c]c(OC)cc1. The highest BCUT2D eigenvalue weighted by Crippen LogP contribution is 2.11. The monoisotopic (exact) mass is 191 g/mol.